The summed E-state index contributed by atoms with van der Waals surface area (Å²) in [5, 5.41) is 8.32. The molecule has 103 heavy (non-hydrogen) atoms. The van der Waals surface area contributed by atoms with Gasteiger partial charge in [0.2, 0.25) is 70.9 Å². The first-order valence-electron chi connectivity index (χ1n) is 36.6. The van der Waals surface area contributed by atoms with Crippen molar-refractivity contribution in [2.24, 2.45) is 35.5 Å². The van der Waals surface area contributed by atoms with E-state index < -0.39 is 224 Å². The molecule has 2 saturated heterocycles. The molecule has 1 spiro atoms. The zero-order valence-corrected chi connectivity index (χ0v) is 61.4. The van der Waals surface area contributed by atoms with Gasteiger partial charge in [-0.25, -0.2) is 8.78 Å². The van der Waals surface area contributed by atoms with Crippen LogP contribution in [0.1, 0.15) is 168 Å². The van der Waals surface area contributed by atoms with Gasteiger partial charge in [0.05, 0.1) is 25.4 Å². The highest BCUT2D eigenvalue weighted by atomic mass is 19.4. The van der Waals surface area contributed by atoms with Crippen molar-refractivity contribution in [2.75, 3.05) is 82.6 Å². The molecule has 2 unspecified atom stereocenters. The largest absolute Gasteiger partial charge is 0.397 e. The number of fused-ring (bicyclic) bond motifs is 3. The molecule has 0 aromatic rings. The lowest BCUT2D eigenvalue weighted by Gasteiger charge is -2.46. The minimum atomic E-state index is -5.20. The second-order valence-corrected chi connectivity index (χ2v) is 30.3. The SMILES string of the molecule is CC[C@H](C)[C@@H]1NC(=O)[C@H](CC)N(C)C(=O)C[C@@H](C(=O)N(C)C)N(C)C(=O)[C@H](C2CCCC2)N(C)C(=O)C2(CCC2)NC(=O)[C@@H]2CCCN2C(=O)[C@H](CCC2CC(F)C(C(F)(F)F)C(F)C2)NC(=O)CN(C)C(=O)[C@H](CC2CCC(C(F)(F)F)CC2)N2CC/C=C\C[C@@H](C2=O)N(C)C(=O)CN(C)C1=O. The third kappa shape index (κ3) is 19.7. The highest BCUT2D eigenvalue weighted by Crippen LogP contribution is 2.46. The Morgan fingerprint density at radius 1 is 0.612 bits per heavy atom. The fourth-order valence-corrected chi connectivity index (χ4v) is 16.4. The molecule has 4 aliphatic carbocycles. The van der Waals surface area contributed by atoms with E-state index in [1.807, 2.05) is 0 Å². The summed E-state index contributed by atoms with van der Waals surface area (Å²) in [5.74, 6) is -16.5. The molecule has 7 aliphatic rings. The molecule has 0 aromatic heterocycles. The van der Waals surface area contributed by atoms with Crippen LogP contribution in [0, 0.1) is 35.5 Å². The van der Waals surface area contributed by atoms with Crippen LogP contribution in [0.25, 0.3) is 0 Å². The monoisotopic (exact) mass is 1470 g/mol. The predicted molar refractivity (Wildman–Crippen MR) is 361 cm³/mol. The number of hydrogen-bond donors (Lipinski definition) is 3. The third-order valence-corrected chi connectivity index (χ3v) is 23.2. The second-order valence-electron chi connectivity index (χ2n) is 30.3. The number of nitrogens with zero attached hydrogens (tertiary/aromatic N) is 9. The van der Waals surface area contributed by atoms with Crippen LogP contribution >= 0.6 is 0 Å². The van der Waals surface area contributed by atoms with Crippen LogP contribution in [0.15, 0.2) is 12.2 Å². The summed E-state index contributed by atoms with van der Waals surface area (Å²) in [6.07, 6.45) is -11.6. The molecule has 580 valence electrons. The second kappa shape index (κ2) is 35.3. The maximum atomic E-state index is 15.3. The number of alkyl halides is 8. The van der Waals surface area contributed by atoms with Crippen LogP contribution in [-0.4, -0.2) is 276 Å². The number of rotatable bonds is 10. The fourth-order valence-electron chi connectivity index (χ4n) is 16.4. The van der Waals surface area contributed by atoms with Crippen molar-refractivity contribution in [2.45, 2.75) is 247 Å². The van der Waals surface area contributed by atoms with E-state index in [-0.39, 0.29) is 96.6 Å². The van der Waals surface area contributed by atoms with Gasteiger partial charge in [-0.05, 0) is 146 Å². The highest BCUT2D eigenvalue weighted by Gasteiger charge is 2.56. The summed E-state index contributed by atoms with van der Waals surface area (Å²) >= 11 is 0. The van der Waals surface area contributed by atoms with E-state index in [1.54, 1.807) is 32.9 Å². The lowest BCUT2D eigenvalue weighted by Crippen LogP contribution is -2.68. The number of carbonyl (C=O) groups excluding carboxylic acids is 12. The van der Waals surface area contributed by atoms with E-state index in [1.165, 1.54) is 71.1 Å². The van der Waals surface area contributed by atoms with E-state index in [0.29, 0.717) is 38.5 Å². The first kappa shape index (κ1) is 83.1. The van der Waals surface area contributed by atoms with Crippen molar-refractivity contribution in [1.82, 2.24) is 60.0 Å². The van der Waals surface area contributed by atoms with Gasteiger partial charge in [0.15, 0.2) is 0 Å². The molecule has 7 rings (SSSR count). The molecular formula is C71H108F8N12O12. The Bertz CT molecular complexity index is 3090. The number of likely N-dealkylation sites (N-methyl/N-ethyl adjacent to an activating group) is 7. The first-order chi connectivity index (χ1) is 48.3. The molecule has 24 nitrogen and oxygen atoms in total. The molecule has 12 amide bonds. The van der Waals surface area contributed by atoms with Gasteiger partial charge in [-0.2, -0.15) is 26.3 Å². The molecule has 11 atom stereocenters. The van der Waals surface area contributed by atoms with Crippen molar-refractivity contribution < 1.29 is 92.7 Å². The van der Waals surface area contributed by atoms with E-state index >= 15 is 32.8 Å². The lowest BCUT2D eigenvalue weighted by molar-refractivity contribution is -0.219. The standard InChI is InChI=1S/C71H108F8N12O12/c1-12-41(3)58-66(101)85(7)40-56(94)87(9)51-23-15-14-18-33-91(65(51)100)53(37-42-25-28-45(29-26-42)70(74,75)76)64(99)84(6)39-54(92)80-48(30-27-43-35-46(72)57(47(73)36-43)71(77,78)79)62(97)90-34-19-24-50(90)61(96)82-69(31-20-32-69)68(103)89(11)59(44-21-16-17-22-44)67(102)88(10)52(63(98)83(4)5)38-55(93)86(8)49(13-2)60(95)81-58/h14-15,41-53,57-59H,12-13,16-40H2,1-11H3,(H,80,92)(H,81,95)(H,82,96)/b15-14-/t41-,42?,43?,45?,46?,47?,48-,49-,50-,51-,52-,53-,57?,58-,59-/m0/s1. The quantitative estimate of drug-likeness (QED) is 0.176. The summed E-state index contributed by atoms with van der Waals surface area (Å²) in [6.45, 7) is 3.35. The fraction of sp³-hybridized carbons (Fsp3) is 0.803. The molecule has 4 saturated carbocycles. The molecule has 3 heterocycles. The van der Waals surface area contributed by atoms with Gasteiger partial charge in [0.25, 0.3) is 0 Å². The first-order valence-corrected chi connectivity index (χ1v) is 36.6. The molecule has 32 heteroatoms. The van der Waals surface area contributed by atoms with E-state index in [9.17, 15) is 59.9 Å². The van der Waals surface area contributed by atoms with Crippen LogP contribution < -0.4 is 16.0 Å². The normalized spacial score (nSPS) is 32.2. The maximum absolute atomic E-state index is 15.3. The Labute approximate surface area is 598 Å². The lowest BCUT2D eigenvalue weighted by atomic mass is 9.74. The summed E-state index contributed by atoms with van der Waals surface area (Å²) in [7, 11) is 10.8. The maximum Gasteiger partial charge on any atom is 0.397 e. The van der Waals surface area contributed by atoms with E-state index in [2.05, 4.69) is 16.0 Å². The van der Waals surface area contributed by atoms with Crippen LogP contribution in [0.5, 0.6) is 0 Å². The predicted octanol–water partition coefficient (Wildman–Crippen LogP) is 5.70. The summed E-state index contributed by atoms with van der Waals surface area (Å²) < 4.78 is 115. The molecule has 0 aromatic carbocycles. The summed E-state index contributed by atoms with van der Waals surface area (Å²) in [4.78, 5) is 189. The number of carbonyl (C=O) groups is 12. The minimum Gasteiger partial charge on any atom is -0.347 e. The van der Waals surface area contributed by atoms with E-state index in [0.717, 1.165) is 29.4 Å². The van der Waals surface area contributed by atoms with Crippen LogP contribution in [0.2, 0.25) is 0 Å². The van der Waals surface area contributed by atoms with Crippen molar-refractivity contribution in [1.29, 1.82) is 0 Å². The minimum absolute atomic E-state index is 0.00421. The van der Waals surface area contributed by atoms with Crippen molar-refractivity contribution in [3.63, 3.8) is 0 Å². The molecule has 3 N–H and O–H groups in total. The Hall–Kier alpha value is -7.18. The highest BCUT2D eigenvalue weighted by molar-refractivity contribution is 6.01. The Morgan fingerprint density at radius 3 is 1.80 bits per heavy atom. The summed E-state index contributed by atoms with van der Waals surface area (Å²) in [6, 6.07) is -11.1. The molecule has 6 fully saturated rings. The third-order valence-electron chi connectivity index (χ3n) is 23.2. The molecule has 0 radical (unpaired) electrons. The number of halogens is 8. The van der Waals surface area contributed by atoms with Crippen molar-refractivity contribution in [3.05, 3.63) is 12.2 Å². The number of amides is 12. The van der Waals surface area contributed by atoms with Gasteiger partial charge in [-0.15, -0.1) is 0 Å². The molecular weight excluding hydrogens is 1360 g/mol. The zero-order chi connectivity index (χ0) is 76.5. The zero-order valence-electron chi connectivity index (χ0n) is 61.4. The van der Waals surface area contributed by atoms with Crippen LogP contribution in [-0.2, 0) is 57.5 Å². The molecule has 3 aliphatic heterocycles. The Balaban J connectivity index is 1.29. The average molecular weight is 1470 g/mol. The topological polar surface area (TPSA) is 270 Å². The Morgan fingerprint density at radius 2 is 1.23 bits per heavy atom. The van der Waals surface area contributed by atoms with Crippen molar-refractivity contribution in [3.8, 4) is 0 Å². The summed E-state index contributed by atoms with van der Waals surface area (Å²) in [5.41, 5.74) is -1.63. The van der Waals surface area contributed by atoms with Crippen LogP contribution in [0.4, 0.5) is 35.1 Å². The van der Waals surface area contributed by atoms with Crippen LogP contribution in [0.3, 0.4) is 0 Å². The molecule has 2 bridgehead atoms. The number of hydrogen-bond acceptors (Lipinski definition) is 12. The van der Waals surface area contributed by atoms with E-state index in [4.69, 9.17) is 0 Å². The van der Waals surface area contributed by atoms with Gasteiger partial charge in [-0.3, -0.25) is 57.5 Å². The van der Waals surface area contributed by atoms with Gasteiger partial charge >= 0.3 is 12.4 Å². The van der Waals surface area contributed by atoms with Gasteiger partial charge in [0, 0.05) is 69.5 Å². The van der Waals surface area contributed by atoms with Gasteiger partial charge in [-0.1, -0.05) is 52.2 Å². The number of nitrogens with one attached hydrogen (secondary N) is 3. The van der Waals surface area contributed by atoms with Crippen molar-refractivity contribution >= 4 is 70.9 Å². The smallest absolute Gasteiger partial charge is 0.347 e. The average Bonchev–Trinajstić information content (AvgIpc) is 1.67. The Kier molecular flexibility index (Phi) is 28.5. The van der Waals surface area contributed by atoms with Gasteiger partial charge in [0.1, 0.15) is 72.1 Å². The van der Waals surface area contributed by atoms with Gasteiger partial charge < -0.3 is 60.0 Å².